The molecule has 3 heteroatoms. The Labute approximate surface area is 113 Å². The summed E-state index contributed by atoms with van der Waals surface area (Å²) in [6, 6.07) is 17.2. The summed E-state index contributed by atoms with van der Waals surface area (Å²) in [5, 5.41) is 11.8. The lowest BCUT2D eigenvalue weighted by Crippen LogP contribution is -2.10. The number of ether oxygens (including phenoxy) is 1. The van der Waals surface area contributed by atoms with Crippen molar-refractivity contribution in [2.75, 3.05) is 13.6 Å². The first-order valence-electron chi connectivity index (χ1n) is 6.23. The second-order valence-electron chi connectivity index (χ2n) is 4.24. The summed E-state index contributed by atoms with van der Waals surface area (Å²) in [5.41, 5.74) is 1.91. The maximum Gasteiger partial charge on any atom is 0.127 e. The first-order valence-corrected chi connectivity index (χ1v) is 6.23. The molecule has 2 rings (SSSR count). The molecule has 0 unspecified atom stereocenters. The maximum atomic E-state index is 8.72. The third kappa shape index (κ3) is 3.84. The molecule has 0 fully saturated rings. The maximum absolute atomic E-state index is 8.72. The summed E-state index contributed by atoms with van der Waals surface area (Å²) in [4.78, 5) is 0. The van der Waals surface area contributed by atoms with E-state index in [0.717, 1.165) is 24.5 Å². The van der Waals surface area contributed by atoms with Gasteiger partial charge in [-0.25, -0.2) is 0 Å². The van der Waals surface area contributed by atoms with Crippen molar-refractivity contribution in [2.45, 2.75) is 6.42 Å². The molecule has 2 aromatic rings. The summed E-state index contributed by atoms with van der Waals surface area (Å²) >= 11 is 0. The highest BCUT2D eigenvalue weighted by atomic mass is 16.5. The predicted molar refractivity (Wildman–Crippen MR) is 75.3 cm³/mol. The van der Waals surface area contributed by atoms with E-state index in [1.807, 2.05) is 19.2 Å². The van der Waals surface area contributed by atoms with Gasteiger partial charge in [-0.3, -0.25) is 0 Å². The van der Waals surface area contributed by atoms with E-state index in [1.54, 1.807) is 24.3 Å². The van der Waals surface area contributed by atoms with Gasteiger partial charge in [-0.15, -0.1) is 0 Å². The molecule has 0 heterocycles. The van der Waals surface area contributed by atoms with Gasteiger partial charge in [0.1, 0.15) is 11.5 Å². The van der Waals surface area contributed by atoms with Crippen molar-refractivity contribution >= 4 is 0 Å². The van der Waals surface area contributed by atoms with E-state index >= 15 is 0 Å². The standard InChI is InChI=1S/C16H16N2O/c1-18-11-10-13-2-6-15(7-3-13)19-16-8-4-14(12-17)5-9-16/h2-9,18H,10-11H2,1H3. The lowest BCUT2D eigenvalue weighted by Gasteiger charge is -2.07. The van der Waals surface area contributed by atoms with E-state index < -0.39 is 0 Å². The largest absolute Gasteiger partial charge is 0.457 e. The van der Waals surface area contributed by atoms with Crippen LogP contribution in [0.1, 0.15) is 11.1 Å². The number of hydrogen-bond donors (Lipinski definition) is 1. The number of nitrogens with one attached hydrogen (secondary N) is 1. The van der Waals surface area contributed by atoms with Gasteiger partial charge in [0.25, 0.3) is 0 Å². The molecule has 0 amide bonds. The Hall–Kier alpha value is -2.31. The lowest BCUT2D eigenvalue weighted by molar-refractivity contribution is 0.482. The second-order valence-corrected chi connectivity index (χ2v) is 4.24. The zero-order chi connectivity index (χ0) is 13.5. The van der Waals surface area contributed by atoms with Crippen LogP contribution in [0.3, 0.4) is 0 Å². The minimum Gasteiger partial charge on any atom is -0.457 e. The molecule has 0 aromatic heterocycles. The summed E-state index contributed by atoms with van der Waals surface area (Å²) in [5.74, 6) is 1.54. The van der Waals surface area contributed by atoms with Gasteiger partial charge in [0.2, 0.25) is 0 Å². The molecule has 19 heavy (non-hydrogen) atoms. The second kappa shape index (κ2) is 6.58. The zero-order valence-corrected chi connectivity index (χ0v) is 10.9. The molecule has 0 saturated heterocycles. The fourth-order valence-electron chi connectivity index (χ4n) is 1.73. The first-order chi connectivity index (χ1) is 9.31. The lowest BCUT2D eigenvalue weighted by atomic mass is 10.1. The number of benzene rings is 2. The predicted octanol–water partition coefficient (Wildman–Crippen LogP) is 3.11. The van der Waals surface area contributed by atoms with Crippen molar-refractivity contribution in [3.8, 4) is 17.6 Å². The molecule has 96 valence electrons. The van der Waals surface area contributed by atoms with Crippen LogP contribution >= 0.6 is 0 Å². The van der Waals surface area contributed by atoms with Gasteiger partial charge in [0.05, 0.1) is 11.6 Å². The van der Waals surface area contributed by atoms with Crippen molar-refractivity contribution in [3.05, 3.63) is 59.7 Å². The summed E-state index contributed by atoms with van der Waals surface area (Å²) < 4.78 is 5.71. The Morgan fingerprint density at radius 1 is 1.00 bits per heavy atom. The molecule has 0 spiro atoms. The van der Waals surface area contributed by atoms with Crippen LogP contribution < -0.4 is 10.1 Å². The molecule has 0 radical (unpaired) electrons. The third-order valence-electron chi connectivity index (χ3n) is 2.81. The number of rotatable bonds is 5. The normalized spacial score (nSPS) is 9.89. The molecular weight excluding hydrogens is 236 g/mol. The van der Waals surface area contributed by atoms with E-state index in [9.17, 15) is 0 Å². The number of nitriles is 1. The van der Waals surface area contributed by atoms with Crippen LogP contribution in [0.25, 0.3) is 0 Å². The summed E-state index contributed by atoms with van der Waals surface area (Å²) in [6.07, 6.45) is 1.01. The summed E-state index contributed by atoms with van der Waals surface area (Å²) in [6.45, 7) is 0.968. The molecule has 0 aliphatic rings. The highest BCUT2D eigenvalue weighted by Gasteiger charge is 1.98. The van der Waals surface area contributed by atoms with E-state index in [1.165, 1.54) is 5.56 Å². The van der Waals surface area contributed by atoms with Crippen LogP contribution in [0.5, 0.6) is 11.5 Å². The Morgan fingerprint density at radius 3 is 2.11 bits per heavy atom. The molecule has 0 aliphatic heterocycles. The van der Waals surface area contributed by atoms with Gasteiger partial charge in [-0.1, -0.05) is 12.1 Å². The van der Waals surface area contributed by atoms with E-state index in [2.05, 4.69) is 23.5 Å². The van der Waals surface area contributed by atoms with Crippen molar-refractivity contribution in [3.63, 3.8) is 0 Å². The van der Waals surface area contributed by atoms with Gasteiger partial charge in [0.15, 0.2) is 0 Å². The molecule has 3 nitrogen and oxygen atoms in total. The smallest absolute Gasteiger partial charge is 0.127 e. The van der Waals surface area contributed by atoms with E-state index in [4.69, 9.17) is 10.00 Å². The fourth-order valence-corrected chi connectivity index (χ4v) is 1.73. The highest BCUT2D eigenvalue weighted by Crippen LogP contribution is 2.22. The Morgan fingerprint density at radius 2 is 1.58 bits per heavy atom. The van der Waals surface area contributed by atoms with Gasteiger partial charge in [0, 0.05) is 0 Å². The van der Waals surface area contributed by atoms with Gasteiger partial charge in [-0.2, -0.15) is 5.26 Å². The van der Waals surface area contributed by atoms with Crippen LogP contribution in [0.15, 0.2) is 48.5 Å². The van der Waals surface area contributed by atoms with Crippen molar-refractivity contribution in [2.24, 2.45) is 0 Å². The molecule has 2 aromatic carbocycles. The van der Waals surface area contributed by atoms with E-state index in [-0.39, 0.29) is 0 Å². The van der Waals surface area contributed by atoms with Gasteiger partial charge >= 0.3 is 0 Å². The van der Waals surface area contributed by atoms with Gasteiger partial charge in [-0.05, 0) is 62.0 Å². The van der Waals surface area contributed by atoms with Crippen LogP contribution in [-0.4, -0.2) is 13.6 Å². The van der Waals surface area contributed by atoms with Crippen molar-refractivity contribution in [1.29, 1.82) is 5.26 Å². The molecule has 0 saturated carbocycles. The highest BCUT2D eigenvalue weighted by molar-refractivity contribution is 5.37. The number of hydrogen-bond acceptors (Lipinski definition) is 3. The molecule has 0 bridgehead atoms. The molecule has 0 atom stereocenters. The van der Waals surface area contributed by atoms with Crippen LogP contribution in [0, 0.1) is 11.3 Å². The quantitative estimate of drug-likeness (QED) is 0.889. The SMILES string of the molecule is CNCCc1ccc(Oc2ccc(C#N)cc2)cc1. The first kappa shape index (κ1) is 13.1. The summed E-state index contributed by atoms with van der Waals surface area (Å²) in [7, 11) is 1.95. The Balaban J connectivity index is 2.00. The zero-order valence-electron chi connectivity index (χ0n) is 10.9. The van der Waals surface area contributed by atoms with E-state index in [0.29, 0.717) is 5.56 Å². The molecule has 0 aliphatic carbocycles. The monoisotopic (exact) mass is 252 g/mol. The molecule has 1 N–H and O–H groups in total. The Kier molecular flexibility index (Phi) is 4.54. The number of nitrogens with zero attached hydrogens (tertiary/aromatic N) is 1. The van der Waals surface area contributed by atoms with Crippen LogP contribution in [0.4, 0.5) is 0 Å². The third-order valence-corrected chi connectivity index (χ3v) is 2.81. The topological polar surface area (TPSA) is 45.0 Å². The number of likely N-dealkylation sites (N-methyl/N-ethyl adjacent to an activating group) is 1. The average Bonchev–Trinajstić information content (AvgIpc) is 2.47. The minimum atomic E-state index is 0.634. The van der Waals surface area contributed by atoms with Gasteiger partial charge < -0.3 is 10.1 Å². The van der Waals surface area contributed by atoms with Crippen molar-refractivity contribution < 1.29 is 4.74 Å². The Bertz CT molecular complexity index is 553. The minimum absolute atomic E-state index is 0.634. The van der Waals surface area contributed by atoms with Crippen LogP contribution in [0.2, 0.25) is 0 Å². The average molecular weight is 252 g/mol. The van der Waals surface area contributed by atoms with Crippen molar-refractivity contribution in [1.82, 2.24) is 5.32 Å². The molecular formula is C16H16N2O. The fraction of sp³-hybridized carbons (Fsp3) is 0.188. The van der Waals surface area contributed by atoms with Crippen LogP contribution in [-0.2, 0) is 6.42 Å².